The molecule has 0 bridgehead atoms. The fourth-order valence-corrected chi connectivity index (χ4v) is 3.50. The topological polar surface area (TPSA) is 58.8 Å². The minimum absolute atomic E-state index is 0.202. The van der Waals surface area contributed by atoms with Crippen molar-refractivity contribution in [3.63, 3.8) is 0 Å². The van der Waals surface area contributed by atoms with Crippen LogP contribution in [0.2, 0.25) is 5.02 Å². The molecule has 1 fully saturated rings. The van der Waals surface area contributed by atoms with Crippen molar-refractivity contribution in [1.82, 2.24) is 15.0 Å². The van der Waals surface area contributed by atoms with Gasteiger partial charge in [-0.3, -0.25) is 9.69 Å². The van der Waals surface area contributed by atoms with E-state index in [0.29, 0.717) is 19.4 Å². The zero-order valence-corrected chi connectivity index (χ0v) is 17.6. The third-order valence-electron chi connectivity index (χ3n) is 5.22. The van der Waals surface area contributed by atoms with Gasteiger partial charge in [0.1, 0.15) is 11.5 Å². The van der Waals surface area contributed by atoms with Crippen molar-refractivity contribution >= 4 is 17.5 Å². The number of aromatic nitrogens is 1. The van der Waals surface area contributed by atoms with Crippen molar-refractivity contribution in [2.75, 3.05) is 32.8 Å². The summed E-state index contributed by atoms with van der Waals surface area (Å²) in [6.07, 6.45) is 1.22. The molecule has 0 atom stereocenters. The molecule has 1 aromatic carbocycles. The molecule has 7 heteroatoms. The summed E-state index contributed by atoms with van der Waals surface area (Å²) in [5.41, 5.74) is 3.10. The number of nitrogens with zero attached hydrogens (tertiary/aromatic N) is 3. The third kappa shape index (κ3) is 5.26. The summed E-state index contributed by atoms with van der Waals surface area (Å²) in [6.45, 7) is 10.5. The van der Waals surface area contributed by atoms with Crippen molar-refractivity contribution in [1.29, 1.82) is 0 Å². The van der Waals surface area contributed by atoms with Crippen molar-refractivity contribution in [3.8, 4) is 5.75 Å². The van der Waals surface area contributed by atoms with Crippen LogP contribution in [0.3, 0.4) is 0 Å². The normalized spacial score (nSPS) is 15.1. The first-order chi connectivity index (χ1) is 13.4. The molecule has 0 radical (unpaired) electrons. The lowest BCUT2D eigenvalue weighted by Gasteiger charge is -2.34. The van der Waals surface area contributed by atoms with Crippen molar-refractivity contribution < 1.29 is 14.1 Å². The maximum atomic E-state index is 12.4. The molecule has 6 nitrogen and oxygen atoms in total. The van der Waals surface area contributed by atoms with Crippen molar-refractivity contribution in [2.24, 2.45) is 0 Å². The van der Waals surface area contributed by atoms with Gasteiger partial charge in [0.25, 0.3) is 0 Å². The lowest BCUT2D eigenvalue weighted by molar-refractivity contribution is -0.133. The summed E-state index contributed by atoms with van der Waals surface area (Å²) < 4.78 is 11.0. The van der Waals surface area contributed by atoms with E-state index in [-0.39, 0.29) is 5.91 Å². The minimum Gasteiger partial charge on any atom is -0.494 e. The van der Waals surface area contributed by atoms with Crippen LogP contribution in [0.5, 0.6) is 5.75 Å². The number of rotatable bonds is 7. The number of halogens is 1. The molecule has 1 aliphatic rings. The van der Waals surface area contributed by atoms with Gasteiger partial charge in [0, 0.05) is 49.7 Å². The quantitative estimate of drug-likeness (QED) is 0.656. The Kier molecular flexibility index (Phi) is 6.97. The van der Waals surface area contributed by atoms with E-state index in [9.17, 15) is 4.79 Å². The van der Waals surface area contributed by atoms with Crippen LogP contribution in [0.4, 0.5) is 0 Å². The minimum atomic E-state index is 0.202. The number of benzene rings is 1. The fraction of sp³-hybridized carbons (Fsp3) is 0.524. The summed E-state index contributed by atoms with van der Waals surface area (Å²) in [4.78, 5) is 16.8. The molecule has 28 heavy (non-hydrogen) atoms. The van der Waals surface area contributed by atoms with Gasteiger partial charge in [-0.15, -0.1) is 0 Å². The van der Waals surface area contributed by atoms with Gasteiger partial charge in [-0.2, -0.15) is 0 Å². The summed E-state index contributed by atoms with van der Waals surface area (Å²) in [6, 6.07) is 5.61. The highest BCUT2D eigenvalue weighted by Crippen LogP contribution is 2.21. The fourth-order valence-electron chi connectivity index (χ4n) is 3.39. The lowest BCUT2D eigenvalue weighted by atomic mass is 10.1. The third-order valence-corrected chi connectivity index (χ3v) is 5.65. The van der Waals surface area contributed by atoms with Gasteiger partial charge in [0.05, 0.1) is 12.3 Å². The standard InChI is InChI=1S/C21H28ClN3O3/c1-15-13-18(6-7-20(15)22)27-12-4-5-21(26)25-10-8-24(9-11-25)14-19-16(2)23-28-17(19)3/h6-7,13H,4-5,8-12,14H2,1-3H3. The highest BCUT2D eigenvalue weighted by molar-refractivity contribution is 6.31. The summed E-state index contributed by atoms with van der Waals surface area (Å²) in [7, 11) is 0. The molecular formula is C21H28ClN3O3. The molecule has 0 saturated carbocycles. The van der Waals surface area contributed by atoms with E-state index >= 15 is 0 Å². The van der Waals surface area contributed by atoms with Crippen LogP contribution in [-0.2, 0) is 11.3 Å². The molecule has 0 N–H and O–H groups in total. The van der Waals surface area contributed by atoms with Crippen molar-refractivity contribution in [3.05, 3.63) is 45.8 Å². The molecular weight excluding hydrogens is 378 g/mol. The Morgan fingerprint density at radius 1 is 1.21 bits per heavy atom. The monoisotopic (exact) mass is 405 g/mol. The first-order valence-corrected chi connectivity index (χ1v) is 10.1. The summed E-state index contributed by atoms with van der Waals surface area (Å²) in [5, 5.41) is 4.75. The van der Waals surface area contributed by atoms with Crippen LogP contribution < -0.4 is 4.74 Å². The molecule has 3 rings (SSSR count). The van der Waals surface area contributed by atoms with Crippen LogP contribution in [0.25, 0.3) is 0 Å². The number of carbonyl (C=O) groups is 1. The van der Waals surface area contributed by atoms with Crippen LogP contribution in [-0.4, -0.2) is 53.6 Å². The molecule has 1 aromatic heterocycles. The van der Waals surface area contributed by atoms with E-state index in [2.05, 4.69) is 10.1 Å². The summed E-state index contributed by atoms with van der Waals surface area (Å²) >= 11 is 6.02. The Balaban J connectivity index is 1.36. The van der Waals surface area contributed by atoms with Gasteiger partial charge in [-0.05, 0) is 51.0 Å². The number of piperazine rings is 1. The smallest absolute Gasteiger partial charge is 0.222 e. The first-order valence-electron chi connectivity index (χ1n) is 9.75. The molecule has 1 saturated heterocycles. The largest absolute Gasteiger partial charge is 0.494 e. The van der Waals surface area contributed by atoms with Gasteiger partial charge in [0.15, 0.2) is 0 Å². The molecule has 2 aromatic rings. The van der Waals surface area contributed by atoms with Gasteiger partial charge in [0.2, 0.25) is 5.91 Å². The zero-order chi connectivity index (χ0) is 20.1. The van der Waals surface area contributed by atoms with Gasteiger partial charge in [-0.1, -0.05) is 16.8 Å². The van der Waals surface area contributed by atoms with E-state index in [0.717, 1.165) is 66.1 Å². The predicted octanol–water partition coefficient (Wildman–Crippen LogP) is 3.76. The molecule has 2 heterocycles. The molecule has 0 spiro atoms. The molecule has 1 amide bonds. The van der Waals surface area contributed by atoms with E-state index in [1.54, 1.807) is 0 Å². The highest BCUT2D eigenvalue weighted by atomic mass is 35.5. The van der Waals surface area contributed by atoms with Gasteiger partial charge in [-0.25, -0.2) is 0 Å². The average molecular weight is 406 g/mol. The van der Waals surface area contributed by atoms with E-state index in [4.69, 9.17) is 20.9 Å². The maximum Gasteiger partial charge on any atom is 0.222 e. The number of ether oxygens (including phenoxy) is 1. The Bertz CT molecular complexity index is 794. The van der Waals surface area contributed by atoms with E-state index in [1.807, 2.05) is 43.9 Å². The Hall–Kier alpha value is -2.05. The predicted molar refractivity (Wildman–Crippen MR) is 109 cm³/mol. The Labute approximate surface area is 171 Å². The van der Waals surface area contributed by atoms with Gasteiger partial charge < -0.3 is 14.2 Å². The van der Waals surface area contributed by atoms with Crippen LogP contribution in [0.15, 0.2) is 22.7 Å². The number of carbonyl (C=O) groups excluding carboxylic acids is 1. The summed E-state index contributed by atoms with van der Waals surface area (Å²) in [5.74, 6) is 1.88. The molecule has 152 valence electrons. The average Bonchev–Trinajstić information content (AvgIpc) is 3.00. The Morgan fingerprint density at radius 2 is 1.96 bits per heavy atom. The molecule has 0 unspecified atom stereocenters. The first kappa shape index (κ1) is 20.7. The SMILES string of the molecule is Cc1cc(OCCCC(=O)N2CCN(Cc3c(C)noc3C)CC2)ccc1Cl. The van der Waals surface area contributed by atoms with E-state index < -0.39 is 0 Å². The second-order valence-corrected chi connectivity index (χ2v) is 7.73. The lowest BCUT2D eigenvalue weighted by Crippen LogP contribution is -2.48. The second kappa shape index (κ2) is 9.43. The van der Waals surface area contributed by atoms with Crippen LogP contribution in [0, 0.1) is 20.8 Å². The number of amides is 1. The highest BCUT2D eigenvalue weighted by Gasteiger charge is 2.22. The Morgan fingerprint density at radius 3 is 2.61 bits per heavy atom. The van der Waals surface area contributed by atoms with Crippen LogP contribution in [0.1, 0.15) is 35.4 Å². The number of hydrogen-bond donors (Lipinski definition) is 0. The maximum absolute atomic E-state index is 12.4. The molecule has 1 aliphatic heterocycles. The van der Waals surface area contributed by atoms with Crippen molar-refractivity contribution in [2.45, 2.75) is 40.2 Å². The molecule has 0 aliphatic carbocycles. The van der Waals surface area contributed by atoms with E-state index in [1.165, 1.54) is 0 Å². The van der Waals surface area contributed by atoms with Crippen LogP contribution >= 0.6 is 11.6 Å². The number of hydrogen-bond acceptors (Lipinski definition) is 5. The van der Waals surface area contributed by atoms with Gasteiger partial charge >= 0.3 is 0 Å². The number of aryl methyl sites for hydroxylation is 3. The second-order valence-electron chi connectivity index (χ2n) is 7.32. The zero-order valence-electron chi connectivity index (χ0n) is 16.8.